The molecular formula is C30H29F2N7O4. The predicted octanol–water partition coefficient (Wildman–Crippen LogP) is 4.73. The number of carbonyl (C=O) groups is 1. The third kappa shape index (κ3) is 6.47. The van der Waals surface area contributed by atoms with Gasteiger partial charge in [0.15, 0.2) is 5.65 Å². The van der Waals surface area contributed by atoms with Crippen molar-refractivity contribution in [2.75, 3.05) is 18.4 Å². The molecule has 13 heteroatoms. The first kappa shape index (κ1) is 28.2. The number of aliphatic hydroxyl groups excluding tert-OH is 1. The molecule has 3 aromatic heterocycles. The number of nitrogens with zero attached hydrogens (tertiary/aromatic N) is 6. The number of β-amino-alcohol motifs (C(OH)–C–C–N with tert-alkyl or cyclic N) is 1. The minimum absolute atomic E-state index is 0.131. The Morgan fingerprint density at radius 2 is 2.00 bits per heavy atom. The SMILES string of the molecule is Cn1cc(NC(=O)c2cnn3cccnc23)c(-c2cc(Oc3ccc(CN4CCC[C@@H](O)C4)cc3)ccc2OC(F)F)n1. The van der Waals surface area contributed by atoms with E-state index >= 15 is 0 Å². The molecule has 1 saturated heterocycles. The largest absolute Gasteiger partial charge is 0.457 e. The van der Waals surface area contributed by atoms with Crippen LogP contribution in [0.4, 0.5) is 14.5 Å². The molecule has 5 aromatic rings. The summed E-state index contributed by atoms with van der Waals surface area (Å²) in [6.45, 7) is -0.761. The summed E-state index contributed by atoms with van der Waals surface area (Å²) in [6.07, 6.45) is 7.69. The lowest BCUT2D eigenvalue weighted by atomic mass is 10.1. The molecule has 0 saturated carbocycles. The molecule has 43 heavy (non-hydrogen) atoms. The van der Waals surface area contributed by atoms with E-state index in [1.54, 1.807) is 31.7 Å². The van der Waals surface area contributed by atoms with E-state index in [1.807, 2.05) is 24.3 Å². The molecule has 2 N–H and O–H groups in total. The summed E-state index contributed by atoms with van der Waals surface area (Å²) in [5, 5.41) is 21.3. The summed E-state index contributed by atoms with van der Waals surface area (Å²) < 4.78 is 40.5. The number of nitrogens with one attached hydrogen (secondary N) is 1. The first-order chi connectivity index (χ1) is 20.8. The Morgan fingerprint density at radius 1 is 1.19 bits per heavy atom. The Labute approximate surface area is 245 Å². The fourth-order valence-electron chi connectivity index (χ4n) is 5.14. The number of halogens is 2. The average molecular weight is 590 g/mol. The van der Waals surface area contributed by atoms with Crippen molar-refractivity contribution in [1.82, 2.24) is 29.3 Å². The average Bonchev–Trinajstić information content (AvgIpc) is 3.58. The Morgan fingerprint density at radius 3 is 2.79 bits per heavy atom. The van der Waals surface area contributed by atoms with Crippen molar-refractivity contribution < 1.29 is 28.2 Å². The zero-order valence-corrected chi connectivity index (χ0v) is 23.2. The van der Waals surface area contributed by atoms with Gasteiger partial charge in [0, 0.05) is 38.7 Å². The van der Waals surface area contributed by atoms with E-state index in [0.29, 0.717) is 23.7 Å². The van der Waals surface area contributed by atoms with Crippen LogP contribution in [0, 0.1) is 0 Å². The van der Waals surface area contributed by atoms with Gasteiger partial charge in [-0.25, -0.2) is 9.50 Å². The summed E-state index contributed by atoms with van der Waals surface area (Å²) in [5.74, 6) is 0.281. The van der Waals surface area contributed by atoms with E-state index in [2.05, 4.69) is 25.4 Å². The van der Waals surface area contributed by atoms with Gasteiger partial charge in [-0.15, -0.1) is 0 Å². The number of piperidine rings is 1. The second-order valence-electron chi connectivity index (χ2n) is 10.3. The van der Waals surface area contributed by atoms with Crippen molar-refractivity contribution in [3.8, 4) is 28.5 Å². The number of hydrogen-bond acceptors (Lipinski definition) is 8. The van der Waals surface area contributed by atoms with Gasteiger partial charge in [-0.1, -0.05) is 12.1 Å². The number of fused-ring (bicyclic) bond motifs is 1. The highest BCUT2D eigenvalue weighted by Gasteiger charge is 2.22. The molecule has 2 aromatic carbocycles. The second-order valence-corrected chi connectivity index (χ2v) is 10.3. The van der Waals surface area contributed by atoms with Crippen LogP contribution >= 0.6 is 0 Å². The number of amides is 1. The standard InChI is InChI=1S/C30H29F2N7O4/c1-37-18-25(35-29(41)24-15-34-39-13-3-11-33-28(24)39)27(36-37)23-14-22(9-10-26(23)43-30(31)32)42-21-7-5-19(6-8-21)16-38-12-2-4-20(40)17-38/h3,5-11,13-15,18,20,30,40H,2,4,12,16-17H2,1H3,(H,35,41)/t20-/m1/s1. The summed E-state index contributed by atoms with van der Waals surface area (Å²) >= 11 is 0. The summed E-state index contributed by atoms with van der Waals surface area (Å²) in [4.78, 5) is 19.6. The lowest BCUT2D eigenvalue weighted by Crippen LogP contribution is -2.37. The number of aromatic nitrogens is 5. The highest BCUT2D eigenvalue weighted by Crippen LogP contribution is 2.39. The number of aryl methyl sites for hydroxylation is 1. The molecule has 0 aliphatic carbocycles. The van der Waals surface area contributed by atoms with Gasteiger partial charge in [0.25, 0.3) is 5.91 Å². The van der Waals surface area contributed by atoms with Crippen molar-refractivity contribution in [3.05, 3.63) is 84.4 Å². The Hall–Kier alpha value is -4.88. The maximum absolute atomic E-state index is 13.4. The third-order valence-electron chi connectivity index (χ3n) is 7.07. The Bertz CT molecular complexity index is 1740. The van der Waals surface area contributed by atoms with Gasteiger partial charge in [-0.2, -0.15) is 19.0 Å². The first-order valence-corrected chi connectivity index (χ1v) is 13.7. The number of rotatable bonds is 9. The van der Waals surface area contributed by atoms with Crippen LogP contribution in [0.5, 0.6) is 17.2 Å². The molecule has 222 valence electrons. The summed E-state index contributed by atoms with van der Waals surface area (Å²) in [7, 11) is 1.65. The smallest absolute Gasteiger partial charge is 0.387 e. The van der Waals surface area contributed by atoms with Gasteiger partial charge in [-0.3, -0.25) is 14.4 Å². The minimum atomic E-state index is -3.08. The first-order valence-electron chi connectivity index (χ1n) is 13.7. The van der Waals surface area contributed by atoms with Gasteiger partial charge >= 0.3 is 6.61 Å². The van der Waals surface area contributed by atoms with E-state index < -0.39 is 12.5 Å². The zero-order chi connectivity index (χ0) is 29.9. The fraction of sp³-hybridized carbons (Fsp3) is 0.267. The van der Waals surface area contributed by atoms with Crippen molar-refractivity contribution >= 4 is 17.2 Å². The fourth-order valence-corrected chi connectivity index (χ4v) is 5.14. The maximum Gasteiger partial charge on any atom is 0.387 e. The van der Waals surface area contributed by atoms with Crippen molar-refractivity contribution in [2.45, 2.75) is 32.1 Å². The molecule has 0 radical (unpaired) electrons. The highest BCUT2D eigenvalue weighted by molar-refractivity contribution is 6.09. The van der Waals surface area contributed by atoms with Crippen LogP contribution in [-0.4, -0.2) is 66.1 Å². The molecule has 1 fully saturated rings. The van der Waals surface area contributed by atoms with Gasteiger partial charge in [-0.05, 0) is 61.3 Å². The van der Waals surface area contributed by atoms with Crippen LogP contribution in [0.2, 0.25) is 0 Å². The maximum atomic E-state index is 13.4. The topological polar surface area (TPSA) is 119 Å². The molecular weight excluding hydrogens is 560 g/mol. The van der Waals surface area contributed by atoms with Gasteiger partial charge in [0.05, 0.1) is 23.6 Å². The van der Waals surface area contributed by atoms with Crippen LogP contribution in [-0.2, 0) is 13.6 Å². The van der Waals surface area contributed by atoms with Crippen molar-refractivity contribution in [2.24, 2.45) is 7.05 Å². The molecule has 1 atom stereocenters. The van der Waals surface area contributed by atoms with Gasteiger partial charge in [0.2, 0.25) is 0 Å². The van der Waals surface area contributed by atoms with E-state index in [0.717, 1.165) is 31.5 Å². The monoisotopic (exact) mass is 589 g/mol. The number of alkyl halides is 2. The molecule has 1 amide bonds. The molecule has 11 nitrogen and oxygen atoms in total. The van der Waals surface area contributed by atoms with E-state index in [9.17, 15) is 18.7 Å². The normalized spacial score (nSPS) is 15.6. The number of aliphatic hydroxyl groups is 1. The van der Waals surface area contributed by atoms with Crippen LogP contribution in [0.3, 0.4) is 0 Å². The quantitative estimate of drug-likeness (QED) is 0.253. The van der Waals surface area contributed by atoms with Crippen LogP contribution in [0.1, 0.15) is 28.8 Å². The number of hydrogen-bond donors (Lipinski definition) is 2. The van der Waals surface area contributed by atoms with Crippen molar-refractivity contribution in [1.29, 1.82) is 0 Å². The molecule has 0 unspecified atom stereocenters. The highest BCUT2D eigenvalue weighted by atomic mass is 19.3. The molecule has 1 aliphatic rings. The van der Waals surface area contributed by atoms with Gasteiger partial charge in [0.1, 0.15) is 28.5 Å². The Kier molecular flexibility index (Phi) is 7.99. The van der Waals surface area contributed by atoms with E-state index in [1.165, 1.54) is 33.6 Å². The van der Waals surface area contributed by atoms with Crippen molar-refractivity contribution in [3.63, 3.8) is 0 Å². The zero-order valence-electron chi connectivity index (χ0n) is 23.2. The molecule has 0 spiro atoms. The number of likely N-dealkylation sites (tertiary alicyclic amines) is 1. The summed E-state index contributed by atoms with van der Waals surface area (Å²) in [5.41, 5.74) is 2.36. The summed E-state index contributed by atoms with van der Waals surface area (Å²) in [6, 6.07) is 13.7. The molecule has 0 bridgehead atoms. The molecule has 4 heterocycles. The van der Waals surface area contributed by atoms with Gasteiger partial charge < -0.3 is 19.9 Å². The number of ether oxygens (including phenoxy) is 2. The molecule has 6 rings (SSSR count). The minimum Gasteiger partial charge on any atom is -0.457 e. The second kappa shape index (κ2) is 12.2. The number of anilines is 1. The lowest BCUT2D eigenvalue weighted by Gasteiger charge is -2.29. The number of benzene rings is 2. The van der Waals surface area contributed by atoms with Crippen LogP contribution in [0.15, 0.2) is 73.3 Å². The van der Waals surface area contributed by atoms with E-state index in [4.69, 9.17) is 9.47 Å². The van der Waals surface area contributed by atoms with E-state index in [-0.39, 0.29) is 34.4 Å². The third-order valence-corrected chi connectivity index (χ3v) is 7.07. The number of carbonyl (C=O) groups excluding carboxylic acids is 1. The van der Waals surface area contributed by atoms with Crippen LogP contribution < -0.4 is 14.8 Å². The lowest BCUT2D eigenvalue weighted by molar-refractivity contribution is -0.0494. The predicted molar refractivity (Wildman–Crippen MR) is 153 cm³/mol. The van der Waals surface area contributed by atoms with Crippen LogP contribution in [0.25, 0.3) is 16.9 Å². The molecule has 1 aliphatic heterocycles. The Balaban J connectivity index is 1.25.